The first-order valence-electron chi connectivity index (χ1n) is 8.85. The standard InChI is InChI=1S/C20H28FNO3/c1-20(2,3)16(19(24)22-4)12-17(23)14-7-8-15(13-5-6-13)18(11-14)25-10-9-21/h7-8,11,13,16H,5-6,9-10,12H2,1-4H3,(H,22,24)/t16-/m1/s1. The number of carbonyl (C=O) groups is 2. The molecule has 2 rings (SSSR count). The summed E-state index contributed by atoms with van der Waals surface area (Å²) in [6, 6.07) is 5.40. The van der Waals surface area contributed by atoms with E-state index in [0.29, 0.717) is 17.2 Å². The highest BCUT2D eigenvalue weighted by atomic mass is 19.1. The van der Waals surface area contributed by atoms with E-state index in [2.05, 4.69) is 5.32 Å². The number of benzene rings is 1. The van der Waals surface area contributed by atoms with Crippen molar-refractivity contribution in [3.8, 4) is 5.75 Å². The van der Waals surface area contributed by atoms with Crippen LogP contribution in [0.15, 0.2) is 18.2 Å². The third-order valence-corrected chi connectivity index (χ3v) is 4.69. The van der Waals surface area contributed by atoms with Crippen LogP contribution in [0.4, 0.5) is 4.39 Å². The van der Waals surface area contributed by atoms with Gasteiger partial charge in [-0.3, -0.25) is 9.59 Å². The van der Waals surface area contributed by atoms with Crippen LogP contribution in [0.5, 0.6) is 5.75 Å². The number of halogens is 1. The summed E-state index contributed by atoms with van der Waals surface area (Å²) in [6.07, 6.45) is 2.33. The van der Waals surface area contributed by atoms with Crippen LogP contribution < -0.4 is 10.1 Å². The van der Waals surface area contributed by atoms with E-state index in [-0.39, 0.29) is 30.1 Å². The smallest absolute Gasteiger partial charge is 0.223 e. The van der Waals surface area contributed by atoms with Crippen molar-refractivity contribution < 1.29 is 18.7 Å². The minimum absolute atomic E-state index is 0.0137. The zero-order valence-corrected chi connectivity index (χ0v) is 15.5. The van der Waals surface area contributed by atoms with E-state index in [0.717, 1.165) is 18.4 Å². The highest BCUT2D eigenvalue weighted by molar-refractivity contribution is 5.99. The fourth-order valence-electron chi connectivity index (χ4n) is 2.98. The van der Waals surface area contributed by atoms with Gasteiger partial charge >= 0.3 is 0 Å². The van der Waals surface area contributed by atoms with Gasteiger partial charge in [-0.15, -0.1) is 0 Å². The second kappa shape index (κ2) is 7.98. The van der Waals surface area contributed by atoms with E-state index in [4.69, 9.17) is 4.74 Å². The molecule has 0 heterocycles. The highest BCUT2D eigenvalue weighted by Crippen LogP contribution is 2.44. The third kappa shape index (κ3) is 5.03. The third-order valence-electron chi connectivity index (χ3n) is 4.69. The van der Waals surface area contributed by atoms with Gasteiger partial charge in [-0.1, -0.05) is 32.9 Å². The van der Waals surface area contributed by atoms with E-state index in [1.54, 1.807) is 19.2 Å². The van der Waals surface area contributed by atoms with E-state index in [1.807, 2.05) is 26.8 Å². The maximum atomic E-state index is 12.7. The minimum atomic E-state index is -0.564. The summed E-state index contributed by atoms with van der Waals surface area (Å²) in [5, 5.41) is 2.64. The molecule has 1 N–H and O–H groups in total. The highest BCUT2D eigenvalue weighted by Gasteiger charge is 2.33. The van der Waals surface area contributed by atoms with Crippen LogP contribution in [-0.4, -0.2) is 32.0 Å². The molecular formula is C20H28FNO3. The average Bonchev–Trinajstić information content (AvgIpc) is 3.40. The molecule has 0 bridgehead atoms. The lowest BCUT2D eigenvalue weighted by Gasteiger charge is -2.28. The molecule has 1 amide bonds. The van der Waals surface area contributed by atoms with Crippen molar-refractivity contribution in [2.75, 3.05) is 20.3 Å². The molecule has 1 aliphatic rings. The van der Waals surface area contributed by atoms with Crippen LogP contribution in [0.2, 0.25) is 0 Å². The lowest BCUT2D eigenvalue weighted by Crippen LogP contribution is -2.37. The topological polar surface area (TPSA) is 55.4 Å². The van der Waals surface area contributed by atoms with Crippen LogP contribution in [0.3, 0.4) is 0 Å². The Morgan fingerprint density at radius 1 is 1.32 bits per heavy atom. The first-order valence-corrected chi connectivity index (χ1v) is 8.85. The number of carbonyl (C=O) groups excluding carboxylic acids is 2. The lowest BCUT2D eigenvalue weighted by molar-refractivity contribution is -0.127. The van der Waals surface area contributed by atoms with Crippen LogP contribution in [-0.2, 0) is 4.79 Å². The van der Waals surface area contributed by atoms with Crippen molar-refractivity contribution in [1.82, 2.24) is 5.32 Å². The van der Waals surface area contributed by atoms with Crippen LogP contribution >= 0.6 is 0 Å². The van der Waals surface area contributed by atoms with Gasteiger partial charge in [0, 0.05) is 24.9 Å². The molecule has 1 fully saturated rings. The van der Waals surface area contributed by atoms with Crippen LogP contribution in [0.1, 0.15) is 61.9 Å². The molecule has 0 saturated heterocycles. The van der Waals surface area contributed by atoms with Crippen molar-refractivity contribution in [3.05, 3.63) is 29.3 Å². The van der Waals surface area contributed by atoms with Crippen molar-refractivity contribution in [3.63, 3.8) is 0 Å². The molecule has 4 nitrogen and oxygen atoms in total. The number of ether oxygens (including phenoxy) is 1. The maximum absolute atomic E-state index is 12.7. The first-order chi connectivity index (χ1) is 11.8. The monoisotopic (exact) mass is 349 g/mol. The Morgan fingerprint density at radius 3 is 2.52 bits per heavy atom. The number of ketones is 1. The van der Waals surface area contributed by atoms with Crippen LogP contribution in [0.25, 0.3) is 0 Å². The Balaban J connectivity index is 2.21. The number of rotatable bonds is 8. The van der Waals surface area contributed by atoms with Gasteiger partial charge in [0.25, 0.3) is 0 Å². The van der Waals surface area contributed by atoms with Gasteiger partial charge in [-0.2, -0.15) is 0 Å². The minimum Gasteiger partial charge on any atom is -0.491 e. The normalized spacial score (nSPS) is 15.6. The fourth-order valence-corrected chi connectivity index (χ4v) is 2.98. The molecule has 5 heteroatoms. The fraction of sp³-hybridized carbons (Fsp3) is 0.600. The van der Waals surface area contributed by atoms with Gasteiger partial charge < -0.3 is 10.1 Å². The van der Waals surface area contributed by atoms with Crippen molar-refractivity contribution >= 4 is 11.7 Å². The summed E-state index contributed by atoms with van der Waals surface area (Å²) in [7, 11) is 1.58. The van der Waals surface area contributed by atoms with Crippen molar-refractivity contribution in [1.29, 1.82) is 0 Å². The van der Waals surface area contributed by atoms with Gasteiger partial charge in [0.2, 0.25) is 5.91 Å². The SMILES string of the molecule is CNC(=O)[C@@H](CC(=O)c1ccc(C2CC2)c(OCCF)c1)C(C)(C)C. The summed E-state index contributed by atoms with van der Waals surface area (Å²) in [6.45, 7) is 5.27. The van der Waals surface area contributed by atoms with Gasteiger partial charge in [-0.25, -0.2) is 4.39 Å². The molecule has 0 radical (unpaired) electrons. The Hall–Kier alpha value is -1.91. The number of hydrogen-bond donors (Lipinski definition) is 1. The zero-order valence-electron chi connectivity index (χ0n) is 15.5. The summed E-state index contributed by atoms with van der Waals surface area (Å²) in [4.78, 5) is 24.9. The number of amides is 1. The second-order valence-electron chi connectivity index (χ2n) is 7.72. The summed E-state index contributed by atoms with van der Waals surface area (Å²) in [5.41, 5.74) is 1.23. The van der Waals surface area contributed by atoms with E-state index in [1.165, 1.54) is 0 Å². The number of nitrogens with one attached hydrogen (secondary N) is 1. The van der Waals surface area contributed by atoms with Crippen molar-refractivity contribution in [2.45, 2.75) is 46.0 Å². The van der Waals surface area contributed by atoms with E-state index < -0.39 is 12.6 Å². The largest absolute Gasteiger partial charge is 0.491 e. The molecular weight excluding hydrogens is 321 g/mol. The second-order valence-corrected chi connectivity index (χ2v) is 7.72. The van der Waals surface area contributed by atoms with Crippen molar-refractivity contribution in [2.24, 2.45) is 11.3 Å². The zero-order chi connectivity index (χ0) is 18.6. The molecule has 1 aromatic rings. The molecule has 0 unspecified atom stereocenters. The average molecular weight is 349 g/mol. The summed E-state index contributed by atoms with van der Waals surface area (Å²) < 4.78 is 18.0. The Morgan fingerprint density at radius 2 is 2.00 bits per heavy atom. The molecule has 138 valence electrons. The van der Waals surface area contributed by atoms with E-state index >= 15 is 0 Å². The molecule has 1 aromatic carbocycles. The Labute approximate surface area is 149 Å². The van der Waals surface area contributed by atoms with Gasteiger partial charge in [-0.05, 0) is 35.8 Å². The predicted molar refractivity (Wildman–Crippen MR) is 95.8 cm³/mol. The number of hydrogen-bond acceptors (Lipinski definition) is 3. The molecule has 1 saturated carbocycles. The van der Waals surface area contributed by atoms with E-state index in [9.17, 15) is 14.0 Å². The molecule has 1 aliphatic carbocycles. The van der Waals surface area contributed by atoms with Gasteiger partial charge in [0.05, 0.1) is 0 Å². The molecule has 0 aliphatic heterocycles. The first kappa shape index (κ1) is 19.4. The predicted octanol–water partition coefficient (Wildman–Crippen LogP) is 3.89. The van der Waals surface area contributed by atoms with Gasteiger partial charge in [0.1, 0.15) is 19.0 Å². The Kier molecular flexibility index (Phi) is 6.20. The van der Waals surface area contributed by atoms with Gasteiger partial charge in [0.15, 0.2) is 5.78 Å². The quantitative estimate of drug-likeness (QED) is 0.724. The maximum Gasteiger partial charge on any atom is 0.223 e. The number of alkyl halides is 1. The molecule has 0 aromatic heterocycles. The summed E-state index contributed by atoms with van der Waals surface area (Å²) >= 11 is 0. The molecule has 0 spiro atoms. The Bertz CT molecular complexity index is 632. The molecule has 25 heavy (non-hydrogen) atoms. The van der Waals surface area contributed by atoms with Crippen LogP contribution in [0, 0.1) is 11.3 Å². The molecule has 1 atom stereocenters. The summed E-state index contributed by atoms with van der Waals surface area (Å²) in [5.74, 6) is 0.397. The number of Topliss-reactive ketones (excluding diaryl/α,β-unsaturated/α-hetero) is 1. The lowest BCUT2D eigenvalue weighted by atomic mass is 9.76.